The van der Waals surface area contributed by atoms with E-state index in [0.717, 1.165) is 18.5 Å². The van der Waals surface area contributed by atoms with Crippen LogP contribution in [0.25, 0.3) is 0 Å². The number of benzene rings is 1. The summed E-state index contributed by atoms with van der Waals surface area (Å²) in [4.78, 5) is 0. The number of hydrogen-bond acceptors (Lipinski definition) is 1. The highest BCUT2D eigenvalue weighted by Gasteiger charge is 2.00. The van der Waals surface area contributed by atoms with Gasteiger partial charge in [-0.25, -0.2) is 4.39 Å². The van der Waals surface area contributed by atoms with E-state index in [2.05, 4.69) is 12.2 Å². The van der Waals surface area contributed by atoms with E-state index in [4.69, 9.17) is 0 Å². The zero-order valence-electron chi connectivity index (χ0n) is 7.52. The third-order valence-corrected chi connectivity index (χ3v) is 1.92. The molecule has 0 heterocycles. The van der Waals surface area contributed by atoms with E-state index in [0.29, 0.717) is 0 Å². The molecule has 0 aromatic heterocycles. The maximum Gasteiger partial charge on any atom is 0.123 e. The molecule has 1 rings (SSSR count). The lowest BCUT2D eigenvalue weighted by Gasteiger charge is -2.06. The lowest BCUT2D eigenvalue weighted by molar-refractivity contribution is 0.622. The molecule has 0 atom stereocenters. The SMILES string of the molecule is CCc1ccc(F)cc1CNC. The first-order valence-electron chi connectivity index (χ1n) is 4.19. The van der Waals surface area contributed by atoms with Gasteiger partial charge in [0.15, 0.2) is 0 Å². The van der Waals surface area contributed by atoms with Crippen LogP contribution < -0.4 is 5.32 Å². The molecule has 0 spiro atoms. The Balaban J connectivity index is 2.95. The molecule has 66 valence electrons. The van der Waals surface area contributed by atoms with Gasteiger partial charge in [0.2, 0.25) is 0 Å². The lowest BCUT2D eigenvalue weighted by atomic mass is 10.1. The summed E-state index contributed by atoms with van der Waals surface area (Å²) in [5.41, 5.74) is 2.27. The number of nitrogens with one attached hydrogen (secondary N) is 1. The van der Waals surface area contributed by atoms with Gasteiger partial charge in [-0.3, -0.25) is 0 Å². The van der Waals surface area contributed by atoms with Gasteiger partial charge in [-0.1, -0.05) is 13.0 Å². The topological polar surface area (TPSA) is 12.0 Å². The quantitative estimate of drug-likeness (QED) is 0.727. The molecule has 0 saturated carbocycles. The molecule has 1 N–H and O–H groups in total. The molecule has 1 aromatic carbocycles. The van der Waals surface area contributed by atoms with Crippen molar-refractivity contribution in [3.63, 3.8) is 0 Å². The van der Waals surface area contributed by atoms with E-state index in [1.54, 1.807) is 6.07 Å². The van der Waals surface area contributed by atoms with E-state index in [1.807, 2.05) is 13.1 Å². The first-order chi connectivity index (χ1) is 5.77. The normalized spacial score (nSPS) is 10.2. The Bertz CT molecular complexity index is 258. The molecule has 0 aliphatic carbocycles. The van der Waals surface area contributed by atoms with E-state index < -0.39 is 0 Å². The first-order valence-corrected chi connectivity index (χ1v) is 4.19. The maximum atomic E-state index is 12.8. The molecule has 0 amide bonds. The average Bonchev–Trinajstić information content (AvgIpc) is 2.05. The van der Waals surface area contributed by atoms with Crippen LogP contribution in [0.2, 0.25) is 0 Å². The third-order valence-electron chi connectivity index (χ3n) is 1.92. The second-order valence-corrected chi connectivity index (χ2v) is 2.80. The van der Waals surface area contributed by atoms with Crippen molar-refractivity contribution in [1.29, 1.82) is 0 Å². The molecule has 0 unspecified atom stereocenters. The Hall–Kier alpha value is -0.890. The summed E-state index contributed by atoms with van der Waals surface area (Å²) < 4.78 is 12.8. The molecule has 2 heteroatoms. The molecular formula is C10H14FN. The highest BCUT2D eigenvalue weighted by Crippen LogP contribution is 2.11. The standard InChI is InChI=1S/C10H14FN/c1-3-8-4-5-10(11)6-9(8)7-12-2/h4-6,12H,3,7H2,1-2H3. The second kappa shape index (κ2) is 4.21. The molecule has 1 aromatic rings. The van der Waals surface area contributed by atoms with Crippen LogP contribution in [0.3, 0.4) is 0 Å². The Morgan fingerprint density at radius 1 is 1.33 bits per heavy atom. The minimum atomic E-state index is -0.155. The van der Waals surface area contributed by atoms with E-state index in [1.165, 1.54) is 11.6 Å². The van der Waals surface area contributed by atoms with Gasteiger partial charge >= 0.3 is 0 Å². The van der Waals surface area contributed by atoms with Crippen LogP contribution in [0.5, 0.6) is 0 Å². The van der Waals surface area contributed by atoms with Crippen molar-refractivity contribution in [2.24, 2.45) is 0 Å². The van der Waals surface area contributed by atoms with Crippen LogP contribution >= 0.6 is 0 Å². The van der Waals surface area contributed by atoms with Gasteiger partial charge in [0.1, 0.15) is 5.82 Å². The van der Waals surface area contributed by atoms with Crippen LogP contribution in [0.4, 0.5) is 4.39 Å². The summed E-state index contributed by atoms with van der Waals surface area (Å²) in [6.45, 7) is 2.81. The molecule has 0 aliphatic heterocycles. The summed E-state index contributed by atoms with van der Waals surface area (Å²) in [6.07, 6.45) is 0.956. The smallest absolute Gasteiger partial charge is 0.123 e. The summed E-state index contributed by atoms with van der Waals surface area (Å²) in [5, 5.41) is 3.02. The van der Waals surface area contributed by atoms with E-state index in [-0.39, 0.29) is 5.82 Å². The molecule has 0 saturated heterocycles. The summed E-state index contributed by atoms with van der Waals surface area (Å²) in [6, 6.07) is 4.95. The largest absolute Gasteiger partial charge is 0.316 e. The first kappa shape index (κ1) is 9.20. The van der Waals surface area contributed by atoms with Gasteiger partial charge in [-0.15, -0.1) is 0 Å². The van der Waals surface area contributed by atoms with Crippen molar-refractivity contribution < 1.29 is 4.39 Å². The molecule has 1 nitrogen and oxygen atoms in total. The molecule has 12 heavy (non-hydrogen) atoms. The van der Waals surface area contributed by atoms with Gasteiger partial charge < -0.3 is 5.32 Å². The van der Waals surface area contributed by atoms with Crippen molar-refractivity contribution >= 4 is 0 Å². The minimum absolute atomic E-state index is 0.155. The van der Waals surface area contributed by atoms with Gasteiger partial charge in [0.25, 0.3) is 0 Å². The van der Waals surface area contributed by atoms with Crippen molar-refractivity contribution in [3.05, 3.63) is 35.1 Å². The zero-order valence-corrected chi connectivity index (χ0v) is 7.52. The second-order valence-electron chi connectivity index (χ2n) is 2.80. The highest BCUT2D eigenvalue weighted by atomic mass is 19.1. The van der Waals surface area contributed by atoms with E-state index >= 15 is 0 Å². The average molecular weight is 167 g/mol. The number of hydrogen-bond donors (Lipinski definition) is 1. The summed E-state index contributed by atoms with van der Waals surface area (Å²) in [7, 11) is 1.87. The fourth-order valence-corrected chi connectivity index (χ4v) is 1.29. The van der Waals surface area contributed by atoms with Gasteiger partial charge in [0.05, 0.1) is 0 Å². The highest BCUT2D eigenvalue weighted by molar-refractivity contribution is 5.27. The number of aryl methyl sites for hydroxylation is 1. The lowest BCUT2D eigenvalue weighted by Crippen LogP contribution is -2.07. The maximum absolute atomic E-state index is 12.8. The van der Waals surface area contributed by atoms with Crippen molar-refractivity contribution in [1.82, 2.24) is 5.32 Å². The molecule has 0 bridgehead atoms. The Morgan fingerprint density at radius 3 is 2.67 bits per heavy atom. The molecular weight excluding hydrogens is 153 g/mol. The molecule has 0 radical (unpaired) electrons. The Kier molecular flexibility index (Phi) is 3.23. The van der Waals surface area contributed by atoms with Crippen LogP contribution in [-0.2, 0) is 13.0 Å². The predicted octanol–water partition coefficient (Wildman–Crippen LogP) is 2.11. The predicted molar refractivity (Wildman–Crippen MR) is 48.5 cm³/mol. The summed E-state index contributed by atoms with van der Waals surface area (Å²) in [5.74, 6) is -0.155. The molecule has 0 fully saturated rings. The fourth-order valence-electron chi connectivity index (χ4n) is 1.29. The zero-order chi connectivity index (χ0) is 8.97. The summed E-state index contributed by atoms with van der Waals surface area (Å²) >= 11 is 0. The van der Waals surface area contributed by atoms with E-state index in [9.17, 15) is 4.39 Å². The Labute approximate surface area is 72.6 Å². The Morgan fingerprint density at radius 2 is 2.08 bits per heavy atom. The van der Waals surface area contributed by atoms with Gasteiger partial charge in [0, 0.05) is 6.54 Å². The van der Waals surface area contributed by atoms with Crippen LogP contribution in [0.1, 0.15) is 18.1 Å². The van der Waals surface area contributed by atoms with Crippen molar-refractivity contribution in [2.45, 2.75) is 19.9 Å². The van der Waals surface area contributed by atoms with Crippen molar-refractivity contribution in [3.8, 4) is 0 Å². The molecule has 0 aliphatic rings. The van der Waals surface area contributed by atoms with Crippen LogP contribution in [-0.4, -0.2) is 7.05 Å². The van der Waals surface area contributed by atoms with Gasteiger partial charge in [-0.2, -0.15) is 0 Å². The number of halogens is 1. The van der Waals surface area contributed by atoms with Crippen LogP contribution in [0, 0.1) is 5.82 Å². The fraction of sp³-hybridized carbons (Fsp3) is 0.400. The number of rotatable bonds is 3. The third kappa shape index (κ3) is 2.05. The van der Waals surface area contributed by atoms with Crippen molar-refractivity contribution in [2.75, 3.05) is 7.05 Å². The van der Waals surface area contributed by atoms with Gasteiger partial charge in [-0.05, 0) is 36.7 Å². The minimum Gasteiger partial charge on any atom is -0.316 e. The van der Waals surface area contributed by atoms with Crippen LogP contribution in [0.15, 0.2) is 18.2 Å². The monoisotopic (exact) mass is 167 g/mol.